The molecule has 166 valence electrons. The van der Waals surface area contributed by atoms with Crippen LogP contribution in [-0.2, 0) is 29.0 Å². The summed E-state index contributed by atoms with van der Waals surface area (Å²) in [7, 11) is 1.73. The van der Waals surface area contributed by atoms with Gasteiger partial charge in [0.05, 0.1) is 30.4 Å². The molecule has 0 amide bonds. The molecule has 1 N–H and O–H groups in total. The standard InChI is InChI=1S/C25H28N4O3/c1-31-7-6-24-28-23-14-27-22-11-19(20-10-18(16-30)12-26-13-20)2-3-21(22)25(23)29(24)15-17-4-8-32-9-5-17/h2-3,10-14,17,30H,4-9,15-16H2,1H3. The highest BCUT2D eigenvalue weighted by molar-refractivity contribution is 6.03. The minimum absolute atomic E-state index is 0.0249. The number of pyridine rings is 2. The lowest BCUT2D eigenvalue weighted by atomic mass is 10.00. The summed E-state index contributed by atoms with van der Waals surface area (Å²) in [5.74, 6) is 1.63. The van der Waals surface area contributed by atoms with Crippen molar-refractivity contribution in [2.45, 2.75) is 32.4 Å². The number of aliphatic hydroxyl groups excluding tert-OH is 1. The van der Waals surface area contributed by atoms with Gasteiger partial charge in [-0.05, 0) is 42.0 Å². The summed E-state index contributed by atoms with van der Waals surface area (Å²) in [6.45, 7) is 3.21. The molecule has 4 heterocycles. The van der Waals surface area contributed by atoms with Crippen LogP contribution in [0.1, 0.15) is 24.2 Å². The maximum atomic E-state index is 9.45. The molecule has 0 unspecified atom stereocenters. The zero-order chi connectivity index (χ0) is 21.9. The molecule has 0 atom stereocenters. The summed E-state index contributed by atoms with van der Waals surface area (Å²) in [5, 5.41) is 10.5. The highest BCUT2D eigenvalue weighted by Gasteiger charge is 2.20. The van der Waals surface area contributed by atoms with Crippen molar-refractivity contribution in [3.63, 3.8) is 0 Å². The Morgan fingerprint density at radius 2 is 1.97 bits per heavy atom. The lowest BCUT2D eigenvalue weighted by Crippen LogP contribution is -2.21. The number of aliphatic hydroxyl groups is 1. The summed E-state index contributed by atoms with van der Waals surface area (Å²) in [5.41, 5.74) is 5.78. The maximum absolute atomic E-state index is 9.45. The molecule has 0 saturated carbocycles. The first kappa shape index (κ1) is 21.0. The third kappa shape index (κ3) is 4.11. The zero-order valence-electron chi connectivity index (χ0n) is 18.3. The Labute approximate surface area is 187 Å². The van der Waals surface area contributed by atoms with Crippen LogP contribution in [0.15, 0.2) is 42.9 Å². The number of nitrogens with zero attached hydrogens (tertiary/aromatic N) is 4. The van der Waals surface area contributed by atoms with Crippen LogP contribution in [0.5, 0.6) is 0 Å². The average Bonchev–Trinajstić information content (AvgIpc) is 3.20. The fraction of sp³-hybridized carbons (Fsp3) is 0.400. The second-order valence-corrected chi connectivity index (χ2v) is 8.40. The smallest absolute Gasteiger partial charge is 0.112 e. The number of hydrogen-bond acceptors (Lipinski definition) is 6. The second kappa shape index (κ2) is 9.32. The summed E-state index contributed by atoms with van der Waals surface area (Å²) < 4.78 is 13.3. The van der Waals surface area contributed by atoms with Crippen molar-refractivity contribution in [3.8, 4) is 11.1 Å². The molecule has 0 spiro atoms. The number of hydrogen-bond donors (Lipinski definition) is 1. The van der Waals surface area contributed by atoms with E-state index < -0.39 is 0 Å². The van der Waals surface area contributed by atoms with Gasteiger partial charge in [-0.2, -0.15) is 0 Å². The molecule has 7 heteroatoms. The monoisotopic (exact) mass is 432 g/mol. The molecule has 5 rings (SSSR count). The van der Waals surface area contributed by atoms with Crippen LogP contribution < -0.4 is 0 Å². The van der Waals surface area contributed by atoms with Crippen LogP contribution >= 0.6 is 0 Å². The SMILES string of the molecule is COCCc1nc2cnc3cc(-c4cncc(CO)c4)ccc3c2n1CC1CCOCC1. The third-order valence-electron chi connectivity index (χ3n) is 6.27. The van der Waals surface area contributed by atoms with Crippen LogP contribution in [0.4, 0.5) is 0 Å². The summed E-state index contributed by atoms with van der Waals surface area (Å²) >= 11 is 0. The highest BCUT2D eigenvalue weighted by Crippen LogP contribution is 2.31. The van der Waals surface area contributed by atoms with Gasteiger partial charge < -0.3 is 19.1 Å². The number of ether oxygens (including phenoxy) is 2. The number of rotatable bonds is 7. The van der Waals surface area contributed by atoms with E-state index in [-0.39, 0.29) is 6.61 Å². The van der Waals surface area contributed by atoms with Gasteiger partial charge in [0, 0.05) is 56.6 Å². The first-order valence-corrected chi connectivity index (χ1v) is 11.2. The predicted molar refractivity (Wildman–Crippen MR) is 123 cm³/mol. The Balaban J connectivity index is 1.61. The molecule has 32 heavy (non-hydrogen) atoms. The fourth-order valence-electron chi connectivity index (χ4n) is 4.54. The average molecular weight is 433 g/mol. The molecule has 0 aliphatic carbocycles. The molecule has 0 radical (unpaired) electrons. The lowest BCUT2D eigenvalue weighted by Gasteiger charge is -2.23. The van der Waals surface area contributed by atoms with Crippen molar-refractivity contribution in [1.29, 1.82) is 0 Å². The van der Waals surface area contributed by atoms with E-state index >= 15 is 0 Å². The minimum Gasteiger partial charge on any atom is -0.392 e. The van der Waals surface area contributed by atoms with Gasteiger partial charge in [-0.3, -0.25) is 9.97 Å². The van der Waals surface area contributed by atoms with Gasteiger partial charge in [-0.25, -0.2) is 4.98 Å². The van der Waals surface area contributed by atoms with Gasteiger partial charge in [-0.15, -0.1) is 0 Å². The minimum atomic E-state index is -0.0249. The van der Waals surface area contributed by atoms with E-state index in [1.165, 1.54) is 0 Å². The van der Waals surface area contributed by atoms with E-state index in [0.717, 1.165) is 83.5 Å². The Kier molecular flexibility index (Phi) is 6.12. The topological polar surface area (TPSA) is 82.3 Å². The molecule has 3 aromatic heterocycles. The van der Waals surface area contributed by atoms with Crippen LogP contribution in [-0.4, -0.2) is 51.6 Å². The summed E-state index contributed by atoms with van der Waals surface area (Å²) in [6.07, 6.45) is 8.30. The number of fused-ring (bicyclic) bond motifs is 3. The molecule has 1 aliphatic rings. The largest absolute Gasteiger partial charge is 0.392 e. The first-order chi connectivity index (χ1) is 15.8. The number of benzene rings is 1. The van der Waals surface area contributed by atoms with Gasteiger partial charge in [0.15, 0.2) is 0 Å². The Bertz CT molecular complexity index is 1230. The molecule has 7 nitrogen and oxygen atoms in total. The zero-order valence-corrected chi connectivity index (χ0v) is 18.3. The van der Waals surface area contributed by atoms with E-state index in [0.29, 0.717) is 12.5 Å². The fourth-order valence-corrected chi connectivity index (χ4v) is 4.54. The Hall–Kier alpha value is -2.87. The Morgan fingerprint density at radius 1 is 1.09 bits per heavy atom. The number of methoxy groups -OCH3 is 1. The predicted octanol–water partition coefficient (Wildman–Crippen LogP) is 3.75. The number of imidazole rings is 1. The van der Waals surface area contributed by atoms with E-state index in [4.69, 9.17) is 19.4 Å². The van der Waals surface area contributed by atoms with Crippen LogP contribution in [0.3, 0.4) is 0 Å². The van der Waals surface area contributed by atoms with Crippen LogP contribution in [0.2, 0.25) is 0 Å². The van der Waals surface area contributed by atoms with Gasteiger partial charge in [0.25, 0.3) is 0 Å². The number of aromatic nitrogens is 4. The molecule has 1 aliphatic heterocycles. The van der Waals surface area contributed by atoms with Crippen LogP contribution in [0, 0.1) is 5.92 Å². The normalized spacial score (nSPS) is 15.1. The molecule has 0 bridgehead atoms. The van der Waals surface area contributed by atoms with Crippen molar-refractivity contribution in [2.75, 3.05) is 26.9 Å². The van der Waals surface area contributed by atoms with E-state index in [2.05, 4.69) is 27.8 Å². The molecule has 1 aromatic carbocycles. The molecule has 4 aromatic rings. The Morgan fingerprint density at radius 3 is 2.78 bits per heavy atom. The third-order valence-corrected chi connectivity index (χ3v) is 6.27. The quantitative estimate of drug-likeness (QED) is 0.479. The van der Waals surface area contributed by atoms with Gasteiger partial charge in [-0.1, -0.05) is 12.1 Å². The second-order valence-electron chi connectivity index (χ2n) is 8.40. The van der Waals surface area contributed by atoms with E-state index in [1.807, 2.05) is 18.5 Å². The summed E-state index contributed by atoms with van der Waals surface area (Å²) in [6, 6.07) is 8.29. The summed E-state index contributed by atoms with van der Waals surface area (Å²) in [4.78, 5) is 13.9. The van der Waals surface area contributed by atoms with Crippen molar-refractivity contribution in [1.82, 2.24) is 19.5 Å². The van der Waals surface area contributed by atoms with Crippen molar-refractivity contribution in [3.05, 3.63) is 54.2 Å². The van der Waals surface area contributed by atoms with Crippen molar-refractivity contribution < 1.29 is 14.6 Å². The van der Waals surface area contributed by atoms with Gasteiger partial charge in [0.1, 0.15) is 11.3 Å². The van der Waals surface area contributed by atoms with Gasteiger partial charge >= 0.3 is 0 Å². The van der Waals surface area contributed by atoms with Crippen LogP contribution in [0.25, 0.3) is 33.1 Å². The molecular formula is C25H28N4O3. The first-order valence-electron chi connectivity index (χ1n) is 11.2. The maximum Gasteiger partial charge on any atom is 0.112 e. The molecule has 1 saturated heterocycles. The lowest BCUT2D eigenvalue weighted by molar-refractivity contribution is 0.0612. The molecular weight excluding hydrogens is 404 g/mol. The van der Waals surface area contributed by atoms with Crippen molar-refractivity contribution >= 4 is 21.9 Å². The molecule has 1 fully saturated rings. The van der Waals surface area contributed by atoms with Crippen molar-refractivity contribution in [2.24, 2.45) is 5.92 Å². The highest BCUT2D eigenvalue weighted by atomic mass is 16.5. The van der Waals surface area contributed by atoms with E-state index in [1.54, 1.807) is 13.3 Å². The van der Waals surface area contributed by atoms with Gasteiger partial charge in [0.2, 0.25) is 0 Å². The van der Waals surface area contributed by atoms with E-state index in [9.17, 15) is 5.11 Å².